The molecule has 0 radical (unpaired) electrons. The normalized spacial score (nSPS) is 19.9. The monoisotopic (exact) mass is 446 g/mol. The molecule has 0 saturated heterocycles. The van der Waals surface area contributed by atoms with Gasteiger partial charge in [0, 0.05) is 6.61 Å². The molecule has 0 aromatic carbocycles. The van der Waals surface area contributed by atoms with Crippen LogP contribution in [0.1, 0.15) is 6.42 Å². The van der Waals surface area contributed by atoms with E-state index in [4.69, 9.17) is 55.3 Å². The van der Waals surface area contributed by atoms with E-state index in [2.05, 4.69) is 0 Å². The van der Waals surface area contributed by atoms with E-state index in [1.165, 1.54) is 0 Å². The zero-order chi connectivity index (χ0) is 19.6. The van der Waals surface area contributed by atoms with Crippen molar-refractivity contribution < 1.29 is 33.2 Å². The van der Waals surface area contributed by atoms with E-state index in [0.29, 0.717) is 85.0 Å². The number of hydrogen-bond donors (Lipinski definition) is 0. The van der Waals surface area contributed by atoms with Gasteiger partial charge in [-0.1, -0.05) is 0 Å². The van der Waals surface area contributed by atoms with Crippen molar-refractivity contribution in [3.05, 3.63) is 12.0 Å². The summed E-state index contributed by atoms with van der Waals surface area (Å²) in [5, 5.41) is 0. The number of ether oxygens (including phenoxy) is 7. The van der Waals surface area contributed by atoms with Crippen molar-refractivity contribution in [1.29, 1.82) is 0 Å². The van der Waals surface area contributed by atoms with E-state index in [-0.39, 0.29) is 0 Å². The van der Waals surface area contributed by atoms with Crippen LogP contribution in [-0.2, 0) is 33.2 Å². The first-order valence-corrected chi connectivity index (χ1v) is 14.0. The van der Waals surface area contributed by atoms with E-state index < -0.39 is 6.69 Å². The molecule has 0 N–H and O–H groups in total. The summed E-state index contributed by atoms with van der Waals surface area (Å²) in [4.78, 5) is 0. The van der Waals surface area contributed by atoms with E-state index in [0.717, 1.165) is 12.5 Å². The van der Waals surface area contributed by atoms with Crippen molar-refractivity contribution in [2.45, 2.75) is 19.0 Å². The van der Waals surface area contributed by atoms with Crippen molar-refractivity contribution in [2.75, 3.05) is 79.3 Å². The van der Waals surface area contributed by atoms with Gasteiger partial charge in [0.1, 0.15) is 26.1 Å². The number of hydrogen-bond acceptors (Lipinski definition) is 7. The molecule has 7 nitrogen and oxygen atoms in total. The van der Waals surface area contributed by atoms with E-state index in [9.17, 15) is 0 Å². The van der Waals surface area contributed by atoms with Gasteiger partial charge < -0.3 is 33.2 Å². The van der Waals surface area contributed by atoms with Crippen LogP contribution in [0.4, 0.5) is 0 Å². The highest BCUT2D eigenvalue weighted by Gasteiger charge is 2.19. The van der Waals surface area contributed by atoms with Gasteiger partial charge in [0.25, 0.3) is 0 Å². The molecule has 0 aromatic rings. The highest BCUT2D eigenvalue weighted by molar-refractivity contribution is 7.44. The van der Waals surface area contributed by atoms with E-state index in [1.807, 2.05) is 6.55 Å². The first kappa shape index (κ1) is 25.0. The first-order valence-electron chi connectivity index (χ1n) is 9.28. The van der Waals surface area contributed by atoms with Crippen LogP contribution in [0.3, 0.4) is 0 Å². The van der Waals surface area contributed by atoms with Gasteiger partial charge in [0.15, 0.2) is 5.76 Å². The lowest BCUT2D eigenvalue weighted by atomic mass is 10.5. The van der Waals surface area contributed by atoms with Gasteiger partial charge in [-0.15, -0.1) is 22.2 Å². The second-order valence-corrected chi connectivity index (χ2v) is 14.2. The Kier molecular flexibility index (Phi) is 15.6. The molecular formula is C17H32Cl2O7Si. The smallest absolute Gasteiger partial charge is 0.248 e. The topological polar surface area (TPSA) is 64.6 Å². The molecule has 0 bridgehead atoms. The quantitative estimate of drug-likeness (QED) is 0.353. The Bertz CT molecular complexity index is 381. The number of rotatable bonds is 6. The van der Waals surface area contributed by atoms with E-state index >= 15 is 0 Å². The lowest BCUT2D eigenvalue weighted by Crippen LogP contribution is -2.15. The maximum atomic E-state index is 6.08. The predicted octanol–water partition coefficient (Wildman–Crippen LogP) is 2.90. The predicted molar refractivity (Wildman–Crippen MR) is 107 cm³/mol. The molecule has 0 unspecified atom stereocenters. The summed E-state index contributed by atoms with van der Waals surface area (Å²) < 4.78 is 38.5. The first-order chi connectivity index (χ1) is 13.1. The summed E-state index contributed by atoms with van der Waals surface area (Å²) in [6, 6.07) is 0.795. The van der Waals surface area contributed by atoms with Crippen molar-refractivity contribution in [2.24, 2.45) is 0 Å². The minimum Gasteiger partial charge on any atom is -0.495 e. The Hall–Kier alpha value is -0.0631. The van der Waals surface area contributed by atoms with Crippen LogP contribution in [0.5, 0.6) is 0 Å². The lowest BCUT2D eigenvalue weighted by Gasteiger charge is -2.13. The molecule has 0 amide bonds. The molecule has 1 aliphatic heterocycles. The minimum absolute atomic E-state index is 0.320. The molecule has 0 fully saturated rings. The Morgan fingerprint density at radius 1 is 0.852 bits per heavy atom. The maximum absolute atomic E-state index is 6.08. The van der Waals surface area contributed by atoms with Crippen molar-refractivity contribution >= 4 is 28.9 Å². The van der Waals surface area contributed by atoms with Gasteiger partial charge in [0.05, 0.1) is 52.9 Å². The van der Waals surface area contributed by atoms with Crippen LogP contribution < -0.4 is 0 Å². The molecule has 1 heterocycles. The summed E-state index contributed by atoms with van der Waals surface area (Å²) in [6.45, 7) is 5.68. The Morgan fingerprint density at radius 3 is 1.93 bits per heavy atom. The molecule has 27 heavy (non-hydrogen) atoms. The van der Waals surface area contributed by atoms with Gasteiger partial charge >= 0.3 is 0 Å². The third-order valence-electron chi connectivity index (χ3n) is 3.34. The molecule has 160 valence electrons. The zero-order valence-corrected chi connectivity index (χ0v) is 18.6. The van der Waals surface area contributed by atoms with Gasteiger partial charge in [0.2, 0.25) is 6.69 Å². The largest absolute Gasteiger partial charge is 0.495 e. The van der Waals surface area contributed by atoms with Crippen molar-refractivity contribution in [3.8, 4) is 0 Å². The van der Waals surface area contributed by atoms with Crippen LogP contribution in [0.15, 0.2) is 12.0 Å². The fourth-order valence-corrected chi connectivity index (χ4v) is 3.59. The summed E-state index contributed by atoms with van der Waals surface area (Å²) in [5.41, 5.74) is 0. The second kappa shape index (κ2) is 16.9. The SMILES string of the molecule is C[Si](Cl)(Cl)CCCOCC1=COCCOCCOCCOCCOCCO1. The highest BCUT2D eigenvalue weighted by Crippen LogP contribution is 2.21. The molecule has 0 spiro atoms. The lowest BCUT2D eigenvalue weighted by molar-refractivity contribution is -0.0158. The highest BCUT2D eigenvalue weighted by atomic mass is 35.7. The summed E-state index contributed by atoms with van der Waals surface area (Å²) >= 11 is 12.2. The van der Waals surface area contributed by atoms with Crippen LogP contribution >= 0.6 is 22.2 Å². The van der Waals surface area contributed by atoms with Crippen LogP contribution in [0.25, 0.3) is 0 Å². The molecule has 0 atom stereocenters. The van der Waals surface area contributed by atoms with Crippen LogP contribution in [0, 0.1) is 0 Å². The molecule has 1 rings (SSSR count). The Morgan fingerprint density at radius 2 is 1.37 bits per heavy atom. The molecule has 1 aliphatic rings. The zero-order valence-electron chi connectivity index (χ0n) is 16.1. The average molecular weight is 447 g/mol. The fraction of sp³-hybridized carbons (Fsp3) is 0.882. The third-order valence-corrected chi connectivity index (χ3v) is 5.71. The maximum Gasteiger partial charge on any atom is 0.248 e. The molecule has 0 saturated carbocycles. The minimum atomic E-state index is -2.06. The standard InChI is InChI=1S/C17H32Cl2O7Si/c1-27(18,19)14-2-3-24-15-17-16-25-11-10-22-7-6-20-4-5-21-8-9-23-12-13-26-17/h16H,2-15H2,1H3. The molecular weight excluding hydrogens is 415 g/mol. The fourth-order valence-electron chi connectivity index (χ4n) is 2.02. The summed E-state index contributed by atoms with van der Waals surface area (Å²) in [7, 11) is 0. The van der Waals surface area contributed by atoms with Crippen molar-refractivity contribution in [1.82, 2.24) is 0 Å². The van der Waals surface area contributed by atoms with Gasteiger partial charge in [-0.3, -0.25) is 0 Å². The summed E-state index contributed by atoms with van der Waals surface area (Å²) in [6.07, 6.45) is 2.39. The Labute approximate surface area is 172 Å². The molecule has 10 heteroatoms. The van der Waals surface area contributed by atoms with Gasteiger partial charge in [-0.2, -0.15) is 0 Å². The summed E-state index contributed by atoms with van der Waals surface area (Å²) in [5.74, 6) is 0.607. The van der Waals surface area contributed by atoms with Crippen LogP contribution in [-0.4, -0.2) is 86.0 Å². The third kappa shape index (κ3) is 17.7. The van der Waals surface area contributed by atoms with Crippen LogP contribution in [0.2, 0.25) is 12.6 Å². The number of halogens is 2. The molecule has 0 aliphatic carbocycles. The van der Waals surface area contributed by atoms with Crippen molar-refractivity contribution in [3.63, 3.8) is 0 Å². The Balaban J connectivity index is 2.29. The van der Waals surface area contributed by atoms with Gasteiger partial charge in [-0.05, 0) is 19.0 Å². The van der Waals surface area contributed by atoms with E-state index in [1.54, 1.807) is 6.26 Å². The van der Waals surface area contributed by atoms with Gasteiger partial charge in [-0.25, -0.2) is 0 Å². The second-order valence-electron chi connectivity index (χ2n) is 5.98. The average Bonchev–Trinajstić information content (AvgIpc) is 2.61. The molecule has 0 aromatic heterocycles.